The quantitative estimate of drug-likeness (QED) is 0.754. The Kier molecular flexibility index (Phi) is 3.07. The number of tetrazole rings is 1. The van der Waals surface area contributed by atoms with Crippen molar-refractivity contribution in [3.05, 3.63) is 35.9 Å². The number of aryl methyl sites for hydroxylation is 1. The number of nitriles is 1. The molecule has 0 aliphatic carbocycles. The fraction of sp³-hybridized carbons (Fsp3) is 0.100. The van der Waals surface area contributed by atoms with Gasteiger partial charge in [0.15, 0.2) is 0 Å². The third-order valence-corrected chi connectivity index (χ3v) is 1.98. The van der Waals surface area contributed by atoms with Crippen molar-refractivity contribution < 1.29 is 0 Å². The molecule has 7 heteroatoms. The molecule has 0 aliphatic heterocycles. The fourth-order valence-corrected chi connectivity index (χ4v) is 1.12. The van der Waals surface area contributed by atoms with Crippen LogP contribution in [0.2, 0.25) is 0 Å². The van der Waals surface area contributed by atoms with Crippen LogP contribution in [0, 0.1) is 18.3 Å². The molecule has 2 heterocycles. The van der Waals surface area contributed by atoms with Crippen molar-refractivity contribution in [3.8, 4) is 6.07 Å². The fourth-order valence-electron chi connectivity index (χ4n) is 1.12. The molecule has 0 saturated heterocycles. The summed E-state index contributed by atoms with van der Waals surface area (Å²) in [6.45, 7) is 1.95. The molecule has 0 fully saturated rings. The molecule has 0 aromatic carbocycles. The van der Waals surface area contributed by atoms with E-state index < -0.39 is 0 Å². The summed E-state index contributed by atoms with van der Waals surface area (Å²) in [5.41, 5.74) is 1.35. The van der Waals surface area contributed by atoms with Crippen LogP contribution >= 0.6 is 0 Å². The molecule has 17 heavy (non-hydrogen) atoms. The lowest BCUT2D eigenvalue weighted by atomic mass is 10.3. The topological polar surface area (TPSA) is 103 Å². The number of nitrogens with one attached hydrogen (secondary N) is 2. The van der Waals surface area contributed by atoms with Gasteiger partial charge in [-0.3, -0.25) is 0 Å². The standard InChI is InChI=1S/C10H9N7/c1-7-2-3-9(12-5-7)13-6-8(4-11)10-14-16-17-15-10/h2-3,5-6H,1H3,(H,12,13)(H,14,15,16,17). The van der Waals surface area contributed by atoms with Gasteiger partial charge in [-0.25, -0.2) is 4.98 Å². The number of aromatic amines is 1. The van der Waals surface area contributed by atoms with Gasteiger partial charge in [0.1, 0.15) is 17.5 Å². The van der Waals surface area contributed by atoms with Crippen molar-refractivity contribution >= 4 is 11.4 Å². The van der Waals surface area contributed by atoms with Crippen LogP contribution in [0.3, 0.4) is 0 Å². The van der Waals surface area contributed by atoms with E-state index >= 15 is 0 Å². The lowest BCUT2D eigenvalue weighted by Gasteiger charge is -1.99. The molecular weight excluding hydrogens is 218 g/mol. The molecule has 0 atom stereocenters. The Hall–Kier alpha value is -2.75. The maximum atomic E-state index is 8.92. The summed E-state index contributed by atoms with van der Waals surface area (Å²) in [4.78, 5) is 4.14. The first-order valence-electron chi connectivity index (χ1n) is 4.83. The van der Waals surface area contributed by atoms with Gasteiger partial charge in [-0.1, -0.05) is 6.07 Å². The number of nitrogens with zero attached hydrogens (tertiary/aromatic N) is 5. The van der Waals surface area contributed by atoms with E-state index in [0.717, 1.165) is 5.56 Å². The first-order chi connectivity index (χ1) is 8.29. The van der Waals surface area contributed by atoms with Crippen molar-refractivity contribution in [1.82, 2.24) is 25.6 Å². The van der Waals surface area contributed by atoms with Crippen LogP contribution < -0.4 is 5.32 Å². The molecule has 7 nitrogen and oxygen atoms in total. The summed E-state index contributed by atoms with van der Waals surface area (Å²) in [5.74, 6) is 0.888. The van der Waals surface area contributed by atoms with Gasteiger partial charge in [0.2, 0.25) is 5.82 Å². The van der Waals surface area contributed by atoms with Crippen molar-refractivity contribution in [2.45, 2.75) is 6.92 Å². The van der Waals surface area contributed by atoms with Crippen molar-refractivity contribution in [2.24, 2.45) is 0 Å². The first kappa shape index (κ1) is 10.8. The molecule has 0 amide bonds. The molecule has 0 spiro atoms. The summed E-state index contributed by atoms with van der Waals surface area (Å²) in [7, 11) is 0. The second kappa shape index (κ2) is 4.85. The van der Waals surface area contributed by atoms with Crippen LogP contribution in [0.1, 0.15) is 11.4 Å². The summed E-state index contributed by atoms with van der Waals surface area (Å²) in [6, 6.07) is 5.71. The van der Waals surface area contributed by atoms with Gasteiger partial charge in [-0.05, 0) is 23.8 Å². The van der Waals surface area contributed by atoms with E-state index in [1.54, 1.807) is 6.20 Å². The van der Waals surface area contributed by atoms with Crippen LogP contribution in [0.25, 0.3) is 5.57 Å². The maximum absolute atomic E-state index is 8.92. The maximum Gasteiger partial charge on any atom is 0.216 e. The van der Waals surface area contributed by atoms with Gasteiger partial charge in [-0.15, -0.1) is 10.2 Å². The Bertz CT molecular complexity index is 547. The highest BCUT2D eigenvalue weighted by Crippen LogP contribution is 2.08. The van der Waals surface area contributed by atoms with E-state index in [1.807, 2.05) is 25.1 Å². The minimum atomic E-state index is 0.243. The van der Waals surface area contributed by atoms with Gasteiger partial charge in [0, 0.05) is 12.4 Å². The molecule has 0 aliphatic rings. The largest absolute Gasteiger partial charge is 0.345 e. The minimum absolute atomic E-state index is 0.243. The van der Waals surface area contributed by atoms with Crippen LogP contribution in [0.4, 0.5) is 5.82 Å². The number of hydrogen-bond donors (Lipinski definition) is 2. The monoisotopic (exact) mass is 227 g/mol. The summed E-state index contributed by atoms with van der Waals surface area (Å²) in [6.07, 6.45) is 3.22. The number of pyridine rings is 1. The number of anilines is 1. The second-order valence-corrected chi connectivity index (χ2v) is 3.27. The molecule has 2 rings (SSSR count). The molecule has 2 N–H and O–H groups in total. The minimum Gasteiger partial charge on any atom is -0.345 e. The smallest absolute Gasteiger partial charge is 0.216 e. The average Bonchev–Trinajstić information content (AvgIpc) is 2.86. The highest BCUT2D eigenvalue weighted by atomic mass is 15.5. The number of hydrogen-bond acceptors (Lipinski definition) is 6. The third kappa shape index (κ3) is 2.63. The summed E-state index contributed by atoms with van der Waals surface area (Å²) < 4.78 is 0. The number of rotatable bonds is 3. The Morgan fingerprint density at radius 3 is 3.00 bits per heavy atom. The zero-order chi connectivity index (χ0) is 12.1. The molecule has 0 radical (unpaired) electrons. The Morgan fingerprint density at radius 2 is 2.41 bits per heavy atom. The number of H-pyrrole nitrogens is 1. The second-order valence-electron chi connectivity index (χ2n) is 3.27. The molecule has 0 saturated carbocycles. The molecule has 2 aromatic heterocycles. The lowest BCUT2D eigenvalue weighted by molar-refractivity contribution is 0.881. The lowest BCUT2D eigenvalue weighted by Crippen LogP contribution is -1.95. The Morgan fingerprint density at radius 1 is 1.53 bits per heavy atom. The van der Waals surface area contributed by atoms with Gasteiger partial charge in [-0.2, -0.15) is 10.5 Å². The van der Waals surface area contributed by atoms with Crippen molar-refractivity contribution in [2.75, 3.05) is 5.32 Å². The van der Waals surface area contributed by atoms with Crippen molar-refractivity contribution in [3.63, 3.8) is 0 Å². The van der Waals surface area contributed by atoms with Crippen molar-refractivity contribution in [1.29, 1.82) is 5.26 Å². The molecule has 2 aromatic rings. The van der Waals surface area contributed by atoms with E-state index in [0.29, 0.717) is 5.82 Å². The predicted molar refractivity (Wildman–Crippen MR) is 60.4 cm³/mol. The van der Waals surface area contributed by atoms with Crippen LogP contribution in [-0.4, -0.2) is 25.6 Å². The SMILES string of the molecule is Cc1ccc(NC=C(C#N)c2nn[nH]n2)nc1. The predicted octanol–water partition coefficient (Wildman–Crippen LogP) is 0.880. The normalized spacial score (nSPS) is 10.9. The van der Waals surface area contributed by atoms with E-state index in [-0.39, 0.29) is 11.4 Å². The average molecular weight is 227 g/mol. The van der Waals surface area contributed by atoms with Crippen LogP contribution in [0.5, 0.6) is 0 Å². The highest BCUT2D eigenvalue weighted by molar-refractivity contribution is 5.73. The van der Waals surface area contributed by atoms with Crippen LogP contribution in [-0.2, 0) is 0 Å². The van der Waals surface area contributed by atoms with Gasteiger partial charge < -0.3 is 5.32 Å². The molecule has 84 valence electrons. The zero-order valence-corrected chi connectivity index (χ0v) is 9.05. The van der Waals surface area contributed by atoms with Gasteiger partial charge >= 0.3 is 0 Å². The highest BCUT2D eigenvalue weighted by Gasteiger charge is 2.05. The molecular formula is C10H9N7. The van der Waals surface area contributed by atoms with Gasteiger partial charge in [0.25, 0.3) is 0 Å². The number of aromatic nitrogens is 5. The van der Waals surface area contributed by atoms with Crippen LogP contribution in [0.15, 0.2) is 24.5 Å². The Balaban J connectivity index is 2.14. The third-order valence-electron chi connectivity index (χ3n) is 1.98. The summed E-state index contributed by atoms with van der Waals surface area (Å²) >= 11 is 0. The van der Waals surface area contributed by atoms with E-state index in [1.165, 1.54) is 6.20 Å². The van der Waals surface area contributed by atoms with E-state index in [2.05, 4.69) is 30.9 Å². The van der Waals surface area contributed by atoms with Gasteiger partial charge in [0.05, 0.1) is 0 Å². The molecule has 0 bridgehead atoms. The first-order valence-corrected chi connectivity index (χ1v) is 4.83. The van der Waals surface area contributed by atoms with E-state index in [4.69, 9.17) is 5.26 Å². The number of allylic oxidation sites excluding steroid dienone is 1. The van der Waals surface area contributed by atoms with E-state index in [9.17, 15) is 0 Å². The zero-order valence-electron chi connectivity index (χ0n) is 9.05. The summed E-state index contributed by atoms with van der Waals surface area (Å²) in [5, 5.41) is 24.9. The Labute approximate surface area is 97.2 Å². The molecule has 0 unspecified atom stereocenters.